The van der Waals surface area contributed by atoms with Gasteiger partial charge >= 0.3 is 0 Å². The Labute approximate surface area is 106 Å². The van der Waals surface area contributed by atoms with E-state index in [1.54, 1.807) is 17.7 Å². The second-order valence-corrected chi connectivity index (χ2v) is 6.00. The first-order valence-corrected chi connectivity index (χ1v) is 6.70. The third-order valence-corrected chi connectivity index (χ3v) is 4.33. The van der Waals surface area contributed by atoms with Gasteiger partial charge in [0.2, 0.25) is 0 Å². The van der Waals surface area contributed by atoms with E-state index in [0.717, 1.165) is 15.9 Å². The largest absolute Gasteiger partial charge is 0.392 e. The summed E-state index contributed by atoms with van der Waals surface area (Å²) in [6.45, 7) is 8.25. The fourth-order valence-electron chi connectivity index (χ4n) is 1.84. The van der Waals surface area contributed by atoms with E-state index in [1.165, 1.54) is 10.4 Å². The number of nitrogens with zero attached hydrogens (tertiary/aromatic N) is 2. The summed E-state index contributed by atoms with van der Waals surface area (Å²) in [5.41, 5.74) is 2.22. The van der Waals surface area contributed by atoms with Gasteiger partial charge in [0.15, 0.2) is 0 Å². The minimum Gasteiger partial charge on any atom is -0.392 e. The molecular weight excluding hydrogens is 232 g/mol. The molecule has 0 saturated heterocycles. The van der Waals surface area contributed by atoms with Crippen molar-refractivity contribution in [3.63, 3.8) is 0 Å². The molecule has 92 valence electrons. The number of hydrogen-bond donors (Lipinski definition) is 1. The Morgan fingerprint density at radius 1 is 1.29 bits per heavy atom. The average molecular weight is 250 g/mol. The molecule has 0 spiro atoms. The van der Waals surface area contributed by atoms with Crippen molar-refractivity contribution in [2.75, 3.05) is 0 Å². The fourth-order valence-corrected chi connectivity index (χ4v) is 2.86. The summed E-state index contributed by atoms with van der Waals surface area (Å²) in [4.78, 5) is 10.9. The lowest BCUT2D eigenvalue weighted by Crippen LogP contribution is -2.18. The normalized spacial score (nSPS) is 13.5. The monoisotopic (exact) mass is 250 g/mol. The fraction of sp³-hybridized carbons (Fsp3) is 0.538. The minimum atomic E-state index is -0.340. The molecule has 0 radical (unpaired) electrons. The zero-order valence-corrected chi connectivity index (χ0v) is 11.5. The molecule has 2 aromatic rings. The van der Waals surface area contributed by atoms with E-state index < -0.39 is 0 Å². The second kappa shape index (κ2) is 4.70. The number of fused-ring (bicyclic) bond motifs is 1. The van der Waals surface area contributed by atoms with Crippen molar-refractivity contribution in [1.82, 2.24) is 9.97 Å². The van der Waals surface area contributed by atoms with Crippen molar-refractivity contribution in [3.8, 4) is 0 Å². The summed E-state index contributed by atoms with van der Waals surface area (Å²) >= 11 is 1.70. The van der Waals surface area contributed by atoms with Gasteiger partial charge in [-0.1, -0.05) is 13.8 Å². The first kappa shape index (κ1) is 12.5. The quantitative estimate of drug-likeness (QED) is 0.911. The maximum atomic E-state index is 9.98. The highest BCUT2D eigenvalue weighted by Crippen LogP contribution is 2.30. The van der Waals surface area contributed by atoms with Crippen LogP contribution in [0, 0.1) is 19.8 Å². The number of rotatable bonds is 3. The molecule has 2 rings (SSSR count). The Morgan fingerprint density at radius 2 is 2.00 bits per heavy atom. The van der Waals surface area contributed by atoms with Crippen LogP contribution < -0.4 is 0 Å². The van der Waals surface area contributed by atoms with Gasteiger partial charge in [-0.05, 0) is 25.3 Å². The molecular formula is C13H18N2OS. The smallest absolute Gasteiger partial charge is 0.127 e. The van der Waals surface area contributed by atoms with Crippen LogP contribution in [0.25, 0.3) is 10.2 Å². The van der Waals surface area contributed by atoms with Crippen LogP contribution >= 0.6 is 11.3 Å². The zero-order chi connectivity index (χ0) is 12.6. The molecule has 0 aromatic carbocycles. The molecule has 1 unspecified atom stereocenters. The standard InChI is InChI=1S/C13H18N2OS/c1-7(2)11(16)5-10-12-8(3)9(4)17-13(12)15-6-14-10/h6-7,11,16H,5H2,1-4H3. The Balaban J connectivity index is 2.47. The molecule has 0 saturated carbocycles. The minimum absolute atomic E-state index is 0.250. The summed E-state index contributed by atoms with van der Waals surface area (Å²) in [6, 6.07) is 0. The van der Waals surface area contributed by atoms with E-state index in [1.807, 2.05) is 13.8 Å². The highest BCUT2D eigenvalue weighted by atomic mass is 32.1. The molecule has 4 heteroatoms. The van der Waals surface area contributed by atoms with Crippen LogP contribution in [0.3, 0.4) is 0 Å². The van der Waals surface area contributed by atoms with Crippen LogP contribution in [0.15, 0.2) is 6.33 Å². The summed E-state index contributed by atoms with van der Waals surface area (Å²) < 4.78 is 0. The Kier molecular flexibility index (Phi) is 3.45. The molecule has 0 aliphatic heterocycles. The van der Waals surface area contributed by atoms with Gasteiger partial charge in [-0.3, -0.25) is 0 Å². The Bertz CT molecular complexity index is 533. The first-order chi connectivity index (χ1) is 8.00. The van der Waals surface area contributed by atoms with Crippen molar-refractivity contribution in [2.45, 2.75) is 40.2 Å². The van der Waals surface area contributed by atoms with Gasteiger partial charge < -0.3 is 5.11 Å². The lowest BCUT2D eigenvalue weighted by Gasteiger charge is -2.14. The summed E-state index contributed by atoms with van der Waals surface area (Å²) in [5.74, 6) is 0.250. The molecule has 0 amide bonds. The number of aromatic nitrogens is 2. The third kappa shape index (κ3) is 2.33. The number of aliphatic hydroxyl groups is 1. The molecule has 2 aromatic heterocycles. The van der Waals surface area contributed by atoms with Crippen molar-refractivity contribution in [1.29, 1.82) is 0 Å². The molecule has 0 aliphatic carbocycles. The van der Waals surface area contributed by atoms with Crippen LogP contribution in [0.2, 0.25) is 0 Å². The predicted molar refractivity (Wildman–Crippen MR) is 71.4 cm³/mol. The van der Waals surface area contributed by atoms with Gasteiger partial charge in [-0.15, -0.1) is 11.3 Å². The predicted octanol–water partition coefficient (Wildman–Crippen LogP) is 2.87. The lowest BCUT2D eigenvalue weighted by atomic mass is 10.00. The molecule has 1 N–H and O–H groups in total. The van der Waals surface area contributed by atoms with E-state index in [2.05, 4.69) is 23.8 Å². The molecule has 2 heterocycles. The number of aliphatic hydroxyl groups excluding tert-OH is 1. The summed E-state index contributed by atoms with van der Waals surface area (Å²) in [6.07, 6.45) is 1.86. The van der Waals surface area contributed by atoms with Gasteiger partial charge in [0.1, 0.15) is 11.2 Å². The van der Waals surface area contributed by atoms with Gasteiger partial charge in [-0.25, -0.2) is 9.97 Å². The average Bonchev–Trinajstić information content (AvgIpc) is 2.56. The van der Waals surface area contributed by atoms with E-state index in [-0.39, 0.29) is 12.0 Å². The number of aryl methyl sites for hydroxylation is 2. The topological polar surface area (TPSA) is 46.0 Å². The van der Waals surface area contributed by atoms with E-state index in [0.29, 0.717) is 6.42 Å². The maximum Gasteiger partial charge on any atom is 0.127 e. The third-order valence-electron chi connectivity index (χ3n) is 3.22. The summed E-state index contributed by atoms with van der Waals surface area (Å²) in [5, 5.41) is 11.1. The van der Waals surface area contributed by atoms with Crippen molar-refractivity contribution in [3.05, 3.63) is 22.5 Å². The molecule has 17 heavy (non-hydrogen) atoms. The maximum absolute atomic E-state index is 9.98. The Morgan fingerprint density at radius 3 is 2.65 bits per heavy atom. The van der Waals surface area contributed by atoms with Crippen molar-refractivity contribution >= 4 is 21.6 Å². The second-order valence-electron chi connectivity index (χ2n) is 4.80. The molecule has 3 nitrogen and oxygen atoms in total. The van der Waals surface area contributed by atoms with Crippen LogP contribution in [-0.4, -0.2) is 21.2 Å². The zero-order valence-electron chi connectivity index (χ0n) is 10.7. The highest BCUT2D eigenvalue weighted by Gasteiger charge is 2.16. The first-order valence-electron chi connectivity index (χ1n) is 5.88. The SMILES string of the molecule is Cc1sc2ncnc(CC(O)C(C)C)c2c1C. The lowest BCUT2D eigenvalue weighted by molar-refractivity contribution is 0.125. The Hall–Kier alpha value is -1.00. The molecule has 0 aliphatic rings. The van der Waals surface area contributed by atoms with Gasteiger partial charge in [0.05, 0.1) is 11.8 Å². The van der Waals surface area contributed by atoms with Gasteiger partial charge in [0, 0.05) is 16.7 Å². The molecule has 0 bridgehead atoms. The van der Waals surface area contributed by atoms with Crippen molar-refractivity contribution in [2.24, 2.45) is 5.92 Å². The van der Waals surface area contributed by atoms with E-state index in [9.17, 15) is 5.11 Å². The van der Waals surface area contributed by atoms with Crippen molar-refractivity contribution < 1.29 is 5.11 Å². The molecule has 0 fully saturated rings. The number of hydrogen-bond acceptors (Lipinski definition) is 4. The highest BCUT2D eigenvalue weighted by molar-refractivity contribution is 7.18. The van der Waals surface area contributed by atoms with Gasteiger partial charge in [-0.2, -0.15) is 0 Å². The van der Waals surface area contributed by atoms with E-state index in [4.69, 9.17) is 0 Å². The van der Waals surface area contributed by atoms with Crippen LogP contribution in [0.4, 0.5) is 0 Å². The summed E-state index contributed by atoms with van der Waals surface area (Å²) in [7, 11) is 0. The van der Waals surface area contributed by atoms with E-state index >= 15 is 0 Å². The molecule has 1 atom stereocenters. The van der Waals surface area contributed by atoms with Crippen LogP contribution in [0.1, 0.15) is 30.0 Å². The van der Waals surface area contributed by atoms with Crippen LogP contribution in [0.5, 0.6) is 0 Å². The number of thiophene rings is 1. The van der Waals surface area contributed by atoms with Gasteiger partial charge in [0.25, 0.3) is 0 Å². The van der Waals surface area contributed by atoms with Crippen LogP contribution in [-0.2, 0) is 6.42 Å².